The van der Waals surface area contributed by atoms with E-state index in [1.54, 1.807) is 7.11 Å². The normalized spacial score (nSPS) is 20.8. The van der Waals surface area contributed by atoms with Crippen molar-refractivity contribution >= 4 is 5.78 Å². The first-order valence-corrected chi connectivity index (χ1v) is 6.48. The molecule has 0 N–H and O–H groups in total. The van der Waals surface area contributed by atoms with Gasteiger partial charge in [0.15, 0.2) is 0 Å². The summed E-state index contributed by atoms with van der Waals surface area (Å²) < 4.78 is 5.36. The summed E-state index contributed by atoms with van der Waals surface area (Å²) in [6, 6.07) is 0. The number of hydrogen-bond acceptors (Lipinski definition) is 2. The number of ether oxygens (including phenoxy) is 1. The lowest BCUT2D eigenvalue weighted by atomic mass is 9.71. The van der Waals surface area contributed by atoms with Crippen LogP contribution < -0.4 is 0 Å². The van der Waals surface area contributed by atoms with Crippen LogP contribution in [-0.4, -0.2) is 18.5 Å². The second-order valence-electron chi connectivity index (χ2n) is 6.01. The van der Waals surface area contributed by atoms with Crippen LogP contribution in [0, 0.1) is 5.41 Å². The standard InChI is InChI=1S/C14H26O2/c1-13(2,16-4)11-8-12(15)14(3)9-6-5-7-10-14/h5-11H2,1-4H3. The molecular formula is C14H26O2. The predicted molar refractivity (Wildman–Crippen MR) is 66.5 cm³/mol. The van der Waals surface area contributed by atoms with E-state index >= 15 is 0 Å². The Labute approximate surface area is 99.8 Å². The molecule has 0 unspecified atom stereocenters. The number of hydrogen-bond donors (Lipinski definition) is 0. The molecule has 0 aromatic carbocycles. The van der Waals surface area contributed by atoms with Crippen molar-refractivity contribution < 1.29 is 9.53 Å². The monoisotopic (exact) mass is 226 g/mol. The van der Waals surface area contributed by atoms with E-state index in [0.717, 1.165) is 19.3 Å². The Kier molecular flexibility index (Phi) is 4.54. The second kappa shape index (κ2) is 5.31. The zero-order chi connectivity index (χ0) is 12.2. The molecule has 16 heavy (non-hydrogen) atoms. The third-order valence-electron chi connectivity index (χ3n) is 4.14. The minimum atomic E-state index is -0.166. The van der Waals surface area contributed by atoms with E-state index in [1.165, 1.54) is 19.3 Å². The largest absolute Gasteiger partial charge is 0.379 e. The molecule has 0 spiro atoms. The van der Waals surface area contributed by atoms with Crippen LogP contribution in [-0.2, 0) is 9.53 Å². The fourth-order valence-electron chi connectivity index (χ4n) is 2.43. The smallest absolute Gasteiger partial charge is 0.138 e. The lowest BCUT2D eigenvalue weighted by Gasteiger charge is -2.33. The van der Waals surface area contributed by atoms with Gasteiger partial charge in [-0.1, -0.05) is 26.2 Å². The summed E-state index contributed by atoms with van der Waals surface area (Å²) >= 11 is 0. The zero-order valence-corrected chi connectivity index (χ0v) is 11.3. The number of methoxy groups -OCH3 is 1. The highest BCUT2D eigenvalue weighted by atomic mass is 16.5. The molecule has 1 fully saturated rings. The fraction of sp³-hybridized carbons (Fsp3) is 0.929. The lowest BCUT2D eigenvalue weighted by molar-refractivity contribution is -0.131. The Morgan fingerprint density at radius 3 is 2.31 bits per heavy atom. The van der Waals surface area contributed by atoms with Gasteiger partial charge in [-0.15, -0.1) is 0 Å². The summed E-state index contributed by atoms with van der Waals surface area (Å²) in [4.78, 5) is 12.2. The van der Waals surface area contributed by atoms with Gasteiger partial charge >= 0.3 is 0 Å². The van der Waals surface area contributed by atoms with Crippen molar-refractivity contribution in [3.8, 4) is 0 Å². The van der Waals surface area contributed by atoms with Crippen molar-refractivity contribution in [1.82, 2.24) is 0 Å². The van der Waals surface area contributed by atoms with Crippen molar-refractivity contribution in [2.24, 2.45) is 5.41 Å². The molecule has 0 aromatic heterocycles. The van der Waals surface area contributed by atoms with Crippen LogP contribution in [0.5, 0.6) is 0 Å². The van der Waals surface area contributed by atoms with Crippen molar-refractivity contribution in [3.05, 3.63) is 0 Å². The molecule has 1 saturated carbocycles. The van der Waals surface area contributed by atoms with Crippen LogP contribution in [0.1, 0.15) is 65.7 Å². The van der Waals surface area contributed by atoms with Crippen LogP contribution in [0.4, 0.5) is 0 Å². The molecule has 0 saturated heterocycles. The maximum atomic E-state index is 12.2. The van der Waals surface area contributed by atoms with Gasteiger partial charge in [0.1, 0.15) is 5.78 Å². The van der Waals surface area contributed by atoms with Gasteiger partial charge in [0.2, 0.25) is 0 Å². The second-order valence-corrected chi connectivity index (χ2v) is 6.01. The van der Waals surface area contributed by atoms with Crippen LogP contribution >= 0.6 is 0 Å². The first-order valence-electron chi connectivity index (χ1n) is 6.48. The molecule has 0 bridgehead atoms. The van der Waals surface area contributed by atoms with E-state index in [2.05, 4.69) is 6.92 Å². The first-order chi connectivity index (χ1) is 7.40. The number of ketones is 1. The SMILES string of the molecule is COC(C)(C)CCC(=O)C1(C)CCCCC1. The molecule has 2 heteroatoms. The van der Waals surface area contributed by atoms with Gasteiger partial charge in [0.05, 0.1) is 5.60 Å². The molecular weight excluding hydrogens is 200 g/mol. The zero-order valence-electron chi connectivity index (χ0n) is 11.3. The summed E-state index contributed by atoms with van der Waals surface area (Å²) in [6.45, 7) is 6.24. The van der Waals surface area contributed by atoms with E-state index in [9.17, 15) is 4.79 Å². The summed E-state index contributed by atoms with van der Waals surface area (Å²) in [5, 5.41) is 0. The average Bonchev–Trinajstić information content (AvgIpc) is 2.27. The third-order valence-corrected chi connectivity index (χ3v) is 4.14. The quantitative estimate of drug-likeness (QED) is 0.714. The minimum absolute atomic E-state index is 0.0396. The van der Waals surface area contributed by atoms with Crippen molar-refractivity contribution in [2.75, 3.05) is 7.11 Å². The van der Waals surface area contributed by atoms with E-state index in [1.807, 2.05) is 13.8 Å². The molecule has 1 aliphatic carbocycles. The van der Waals surface area contributed by atoms with Gasteiger partial charge in [0, 0.05) is 18.9 Å². The highest BCUT2D eigenvalue weighted by Crippen LogP contribution is 2.38. The Morgan fingerprint density at radius 1 is 1.25 bits per heavy atom. The van der Waals surface area contributed by atoms with Crippen LogP contribution in [0.2, 0.25) is 0 Å². The molecule has 2 nitrogen and oxygen atoms in total. The molecule has 0 aliphatic heterocycles. The number of carbonyl (C=O) groups is 1. The molecule has 0 amide bonds. The van der Waals surface area contributed by atoms with Crippen molar-refractivity contribution in [2.45, 2.75) is 71.3 Å². The summed E-state index contributed by atoms with van der Waals surface area (Å²) in [6.07, 6.45) is 7.39. The van der Waals surface area contributed by atoms with Gasteiger partial charge in [-0.2, -0.15) is 0 Å². The highest BCUT2D eigenvalue weighted by Gasteiger charge is 2.34. The van der Waals surface area contributed by atoms with Crippen LogP contribution in [0.15, 0.2) is 0 Å². The third kappa shape index (κ3) is 3.58. The molecule has 1 aliphatic rings. The Bertz CT molecular complexity index is 237. The fourth-order valence-corrected chi connectivity index (χ4v) is 2.43. The molecule has 94 valence electrons. The van der Waals surface area contributed by atoms with Gasteiger partial charge in [-0.25, -0.2) is 0 Å². The highest BCUT2D eigenvalue weighted by molar-refractivity contribution is 5.84. The first kappa shape index (κ1) is 13.7. The molecule has 0 radical (unpaired) electrons. The molecule has 1 rings (SSSR count). The van der Waals surface area contributed by atoms with E-state index in [-0.39, 0.29) is 11.0 Å². The van der Waals surface area contributed by atoms with Gasteiger partial charge in [-0.05, 0) is 33.1 Å². The van der Waals surface area contributed by atoms with E-state index in [0.29, 0.717) is 12.2 Å². The maximum Gasteiger partial charge on any atom is 0.138 e. The summed E-state index contributed by atoms with van der Waals surface area (Å²) in [5.74, 6) is 0.442. The maximum absolute atomic E-state index is 12.2. The molecule has 0 heterocycles. The lowest BCUT2D eigenvalue weighted by Crippen LogP contribution is -2.32. The predicted octanol–water partition coefficient (Wildman–Crippen LogP) is 3.73. The Balaban J connectivity index is 2.45. The van der Waals surface area contributed by atoms with Crippen molar-refractivity contribution in [1.29, 1.82) is 0 Å². The number of Topliss-reactive ketones (excluding diaryl/α,β-unsaturated/α-hetero) is 1. The summed E-state index contributed by atoms with van der Waals surface area (Å²) in [5.41, 5.74) is -0.206. The minimum Gasteiger partial charge on any atom is -0.379 e. The number of carbonyl (C=O) groups excluding carboxylic acids is 1. The Hall–Kier alpha value is -0.370. The van der Waals surface area contributed by atoms with Crippen LogP contribution in [0.25, 0.3) is 0 Å². The van der Waals surface area contributed by atoms with Gasteiger partial charge < -0.3 is 4.74 Å². The van der Waals surface area contributed by atoms with E-state index < -0.39 is 0 Å². The van der Waals surface area contributed by atoms with Gasteiger partial charge in [-0.3, -0.25) is 4.79 Å². The number of rotatable bonds is 5. The Morgan fingerprint density at radius 2 is 1.81 bits per heavy atom. The van der Waals surface area contributed by atoms with Crippen molar-refractivity contribution in [3.63, 3.8) is 0 Å². The van der Waals surface area contributed by atoms with Crippen LogP contribution in [0.3, 0.4) is 0 Å². The molecule has 0 aromatic rings. The van der Waals surface area contributed by atoms with Gasteiger partial charge in [0.25, 0.3) is 0 Å². The molecule has 0 atom stereocenters. The van der Waals surface area contributed by atoms with E-state index in [4.69, 9.17) is 4.74 Å². The topological polar surface area (TPSA) is 26.3 Å². The summed E-state index contributed by atoms with van der Waals surface area (Å²) in [7, 11) is 1.72. The average molecular weight is 226 g/mol.